The number of thiophene rings is 1. The quantitative estimate of drug-likeness (QED) is 0.507. The van der Waals surface area contributed by atoms with Crippen LogP contribution in [0.1, 0.15) is 15.2 Å². The molecule has 0 atom stereocenters. The summed E-state index contributed by atoms with van der Waals surface area (Å²) in [4.78, 5) is 15.6. The van der Waals surface area contributed by atoms with Crippen molar-refractivity contribution in [3.8, 4) is 0 Å². The van der Waals surface area contributed by atoms with Crippen LogP contribution in [-0.4, -0.2) is 5.91 Å². The first kappa shape index (κ1) is 12.2. The maximum Gasteiger partial charge on any atom is 0.251 e. The van der Waals surface area contributed by atoms with Crippen molar-refractivity contribution >= 4 is 22.9 Å². The number of hydrogen-bond donors (Lipinski definition) is 1. The van der Waals surface area contributed by atoms with Gasteiger partial charge in [0.05, 0.1) is 6.54 Å². The summed E-state index contributed by atoms with van der Waals surface area (Å²) in [6.07, 6.45) is 0. The van der Waals surface area contributed by atoms with Crippen LogP contribution in [0.15, 0.2) is 46.9 Å². The maximum atomic E-state index is 11.8. The number of azide groups is 1. The number of nitrogens with zero attached hydrogens (tertiary/aromatic N) is 3. The van der Waals surface area contributed by atoms with Crippen LogP contribution in [0, 0.1) is 0 Å². The van der Waals surface area contributed by atoms with Crippen molar-refractivity contribution in [3.63, 3.8) is 0 Å². The summed E-state index contributed by atoms with van der Waals surface area (Å²) < 4.78 is 0. The number of carbonyl (C=O) groups is 1. The van der Waals surface area contributed by atoms with Crippen LogP contribution < -0.4 is 5.32 Å². The van der Waals surface area contributed by atoms with E-state index in [0.717, 1.165) is 4.88 Å². The van der Waals surface area contributed by atoms with E-state index in [4.69, 9.17) is 5.53 Å². The van der Waals surface area contributed by atoms with Crippen LogP contribution in [0.25, 0.3) is 10.4 Å². The third kappa shape index (κ3) is 3.10. The standard InChI is InChI=1S/C12H10N4OS/c13-16-15-10-5-3-9(4-6-10)12(17)14-8-11-2-1-7-18-11/h1-7H,8H2,(H,14,17). The zero-order valence-corrected chi connectivity index (χ0v) is 10.2. The van der Waals surface area contributed by atoms with Gasteiger partial charge in [0.25, 0.3) is 5.91 Å². The van der Waals surface area contributed by atoms with Crippen LogP contribution >= 0.6 is 11.3 Å². The molecular weight excluding hydrogens is 248 g/mol. The highest BCUT2D eigenvalue weighted by atomic mass is 32.1. The van der Waals surface area contributed by atoms with Gasteiger partial charge in [-0.15, -0.1) is 11.3 Å². The van der Waals surface area contributed by atoms with Crippen LogP contribution in [0.5, 0.6) is 0 Å². The van der Waals surface area contributed by atoms with Gasteiger partial charge in [0.2, 0.25) is 0 Å². The van der Waals surface area contributed by atoms with Crippen molar-refractivity contribution in [2.24, 2.45) is 5.11 Å². The fourth-order valence-electron chi connectivity index (χ4n) is 1.41. The zero-order chi connectivity index (χ0) is 12.8. The molecule has 1 amide bonds. The van der Waals surface area contributed by atoms with Gasteiger partial charge in [-0.2, -0.15) is 0 Å². The Kier molecular flexibility index (Phi) is 3.96. The van der Waals surface area contributed by atoms with Crippen LogP contribution in [0.4, 0.5) is 5.69 Å². The number of amides is 1. The SMILES string of the molecule is [N-]=[N+]=Nc1ccc(C(=O)NCc2cccs2)cc1. The van der Waals surface area contributed by atoms with Gasteiger partial charge in [-0.3, -0.25) is 4.79 Å². The van der Waals surface area contributed by atoms with E-state index in [1.54, 1.807) is 35.6 Å². The lowest BCUT2D eigenvalue weighted by molar-refractivity contribution is 0.0951. The summed E-state index contributed by atoms with van der Waals surface area (Å²) in [6, 6.07) is 10.4. The lowest BCUT2D eigenvalue weighted by Gasteiger charge is -2.03. The van der Waals surface area contributed by atoms with Crippen molar-refractivity contribution in [2.75, 3.05) is 0 Å². The Labute approximate surface area is 108 Å². The van der Waals surface area contributed by atoms with Gasteiger partial charge < -0.3 is 5.32 Å². The van der Waals surface area contributed by atoms with E-state index in [1.165, 1.54) is 0 Å². The molecule has 1 N–H and O–H groups in total. The molecule has 2 aromatic rings. The van der Waals surface area contributed by atoms with Crippen molar-refractivity contribution in [2.45, 2.75) is 6.54 Å². The molecule has 0 saturated carbocycles. The molecule has 0 radical (unpaired) electrons. The molecule has 0 fully saturated rings. The molecule has 0 spiro atoms. The third-order valence-corrected chi connectivity index (χ3v) is 3.17. The van der Waals surface area contributed by atoms with Gasteiger partial charge in [0.15, 0.2) is 0 Å². The average Bonchev–Trinajstić information content (AvgIpc) is 2.90. The van der Waals surface area contributed by atoms with Crippen molar-refractivity contribution in [1.29, 1.82) is 0 Å². The van der Waals surface area contributed by atoms with Crippen LogP contribution in [-0.2, 0) is 6.54 Å². The normalized spacial score (nSPS) is 9.56. The molecule has 2 rings (SSSR count). The molecule has 0 unspecified atom stereocenters. The Morgan fingerprint density at radius 3 is 2.72 bits per heavy atom. The molecule has 0 bridgehead atoms. The third-order valence-electron chi connectivity index (χ3n) is 2.29. The average molecular weight is 258 g/mol. The highest BCUT2D eigenvalue weighted by Crippen LogP contribution is 2.13. The summed E-state index contributed by atoms with van der Waals surface area (Å²) in [5, 5.41) is 8.23. The van der Waals surface area contributed by atoms with E-state index >= 15 is 0 Å². The fourth-order valence-corrected chi connectivity index (χ4v) is 2.06. The van der Waals surface area contributed by atoms with Crippen LogP contribution in [0.3, 0.4) is 0 Å². The second kappa shape index (κ2) is 5.86. The maximum absolute atomic E-state index is 11.8. The molecule has 0 aliphatic rings. The summed E-state index contributed by atoms with van der Waals surface area (Å²) in [5.41, 5.74) is 9.31. The number of benzene rings is 1. The van der Waals surface area contributed by atoms with E-state index in [9.17, 15) is 4.79 Å². The highest BCUT2D eigenvalue weighted by Gasteiger charge is 2.04. The second-order valence-corrected chi connectivity index (χ2v) is 4.53. The van der Waals surface area contributed by atoms with E-state index < -0.39 is 0 Å². The minimum Gasteiger partial charge on any atom is -0.347 e. The molecule has 1 heterocycles. The first-order chi connectivity index (χ1) is 8.79. The number of carbonyl (C=O) groups excluding carboxylic acids is 1. The first-order valence-corrected chi connectivity index (χ1v) is 6.13. The monoisotopic (exact) mass is 258 g/mol. The second-order valence-electron chi connectivity index (χ2n) is 3.50. The highest BCUT2D eigenvalue weighted by molar-refractivity contribution is 7.09. The molecule has 1 aromatic carbocycles. The van der Waals surface area contributed by atoms with Crippen LogP contribution in [0.2, 0.25) is 0 Å². The molecule has 0 aliphatic heterocycles. The topological polar surface area (TPSA) is 77.9 Å². The molecule has 1 aromatic heterocycles. The smallest absolute Gasteiger partial charge is 0.251 e. The Bertz CT molecular complexity index is 571. The van der Waals surface area contributed by atoms with E-state index in [0.29, 0.717) is 17.8 Å². The van der Waals surface area contributed by atoms with Gasteiger partial charge in [-0.1, -0.05) is 23.3 Å². The molecule has 5 nitrogen and oxygen atoms in total. The summed E-state index contributed by atoms with van der Waals surface area (Å²) in [7, 11) is 0. The number of rotatable bonds is 4. The molecule has 90 valence electrons. The molecule has 0 aliphatic carbocycles. The number of hydrogen-bond acceptors (Lipinski definition) is 3. The Morgan fingerprint density at radius 1 is 1.33 bits per heavy atom. The summed E-state index contributed by atoms with van der Waals surface area (Å²) in [5.74, 6) is -0.143. The predicted molar refractivity (Wildman–Crippen MR) is 70.7 cm³/mol. The van der Waals surface area contributed by atoms with E-state index in [2.05, 4.69) is 15.3 Å². The molecule has 6 heteroatoms. The minimum atomic E-state index is -0.143. The van der Waals surface area contributed by atoms with Crippen molar-refractivity contribution in [3.05, 3.63) is 62.7 Å². The summed E-state index contributed by atoms with van der Waals surface area (Å²) in [6.45, 7) is 0.522. The predicted octanol–water partition coefficient (Wildman–Crippen LogP) is 3.62. The van der Waals surface area contributed by atoms with Gasteiger partial charge in [0.1, 0.15) is 0 Å². The fraction of sp³-hybridized carbons (Fsp3) is 0.0833. The molecule has 18 heavy (non-hydrogen) atoms. The zero-order valence-electron chi connectivity index (χ0n) is 9.41. The lowest BCUT2D eigenvalue weighted by Crippen LogP contribution is -2.22. The number of nitrogens with one attached hydrogen (secondary N) is 1. The Morgan fingerprint density at radius 2 is 2.11 bits per heavy atom. The molecule has 0 saturated heterocycles. The van der Waals surface area contributed by atoms with Gasteiger partial charge >= 0.3 is 0 Å². The Balaban J connectivity index is 1.98. The first-order valence-electron chi connectivity index (χ1n) is 5.25. The van der Waals surface area contributed by atoms with Gasteiger partial charge in [0, 0.05) is 21.0 Å². The minimum absolute atomic E-state index is 0.143. The van der Waals surface area contributed by atoms with Gasteiger partial charge in [-0.25, -0.2) is 0 Å². The van der Waals surface area contributed by atoms with Crippen molar-refractivity contribution in [1.82, 2.24) is 5.32 Å². The molecular formula is C12H10N4OS. The van der Waals surface area contributed by atoms with E-state index in [1.807, 2.05) is 17.5 Å². The summed E-state index contributed by atoms with van der Waals surface area (Å²) >= 11 is 1.60. The lowest BCUT2D eigenvalue weighted by atomic mass is 10.2. The largest absolute Gasteiger partial charge is 0.347 e. The van der Waals surface area contributed by atoms with Gasteiger partial charge in [-0.05, 0) is 29.1 Å². The van der Waals surface area contributed by atoms with Crippen molar-refractivity contribution < 1.29 is 4.79 Å². The Hall–Kier alpha value is -2.30. The van der Waals surface area contributed by atoms with E-state index in [-0.39, 0.29) is 5.91 Å².